The van der Waals surface area contributed by atoms with E-state index in [0.29, 0.717) is 30.3 Å². The summed E-state index contributed by atoms with van der Waals surface area (Å²) in [5.41, 5.74) is 1.37. The van der Waals surface area contributed by atoms with Crippen molar-refractivity contribution in [2.45, 2.75) is 31.4 Å². The molecule has 2 aromatic carbocycles. The molecular formula is C23H29ClO5Si. The number of benzene rings is 2. The lowest BCUT2D eigenvalue weighted by Crippen LogP contribution is -2.30. The molecule has 0 aliphatic carbocycles. The highest BCUT2D eigenvalue weighted by atomic mass is 35.5. The minimum absolute atomic E-state index is 0.0534. The molecule has 1 heterocycles. The van der Waals surface area contributed by atoms with Crippen LogP contribution < -0.4 is 14.2 Å². The Morgan fingerprint density at radius 1 is 1.13 bits per heavy atom. The second-order valence-corrected chi connectivity index (χ2v) is 13.3. The van der Waals surface area contributed by atoms with Crippen LogP contribution in [0.4, 0.5) is 0 Å². The number of halogens is 1. The molecule has 30 heavy (non-hydrogen) atoms. The molecule has 0 radical (unpaired) electrons. The Hall–Kier alpha value is -2.02. The first-order valence-corrected chi connectivity index (χ1v) is 14.0. The van der Waals surface area contributed by atoms with Crippen LogP contribution in [0.15, 0.2) is 42.5 Å². The molecule has 0 fully saturated rings. The highest BCUT2D eigenvalue weighted by molar-refractivity contribution is 6.69. The zero-order chi connectivity index (χ0) is 21.7. The van der Waals surface area contributed by atoms with Gasteiger partial charge >= 0.3 is 0 Å². The zero-order valence-corrected chi connectivity index (χ0v) is 19.7. The van der Waals surface area contributed by atoms with Crippen molar-refractivity contribution >= 4 is 25.7 Å². The molecule has 2 unspecified atom stereocenters. The van der Waals surface area contributed by atoms with E-state index < -0.39 is 19.6 Å². The maximum Gasteiger partial charge on any atom is 0.183 e. The Bertz CT molecular complexity index is 880. The molecule has 162 valence electrons. The molecule has 0 N–H and O–H groups in total. The quantitative estimate of drug-likeness (QED) is 0.220. The monoisotopic (exact) mass is 448 g/mol. The second kappa shape index (κ2) is 9.86. The van der Waals surface area contributed by atoms with Gasteiger partial charge in [-0.2, -0.15) is 0 Å². The molecule has 7 heteroatoms. The van der Waals surface area contributed by atoms with Crippen LogP contribution in [0.2, 0.25) is 19.6 Å². The normalized spacial score (nSPS) is 18.3. The number of ketones is 1. The standard InChI is InChI=1S/C23H29ClO5Si/c1-26-17-8-5-7-16(13-17)23(25)20-15-28-21-14-18(9-10-19(21)22(20)24)27-11-6-12-29-30(2,3)4/h5,7-10,13-14,20,22H,6,11-12,15H2,1-4H3. The number of hydrogen-bond acceptors (Lipinski definition) is 5. The van der Waals surface area contributed by atoms with E-state index in [1.54, 1.807) is 31.4 Å². The van der Waals surface area contributed by atoms with E-state index in [2.05, 4.69) is 19.6 Å². The van der Waals surface area contributed by atoms with E-state index in [0.717, 1.165) is 17.7 Å². The third-order valence-corrected chi connectivity index (χ3v) is 6.45. The van der Waals surface area contributed by atoms with Crippen LogP contribution in [-0.4, -0.2) is 41.0 Å². The van der Waals surface area contributed by atoms with Crippen molar-refractivity contribution in [3.05, 3.63) is 53.6 Å². The van der Waals surface area contributed by atoms with E-state index in [1.807, 2.05) is 18.2 Å². The van der Waals surface area contributed by atoms with Gasteiger partial charge in [-0.05, 0) is 37.8 Å². The van der Waals surface area contributed by atoms with Gasteiger partial charge in [-0.3, -0.25) is 4.79 Å². The summed E-state index contributed by atoms with van der Waals surface area (Å²) in [6.45, 7) is 8.01. The Morgan fingerprint density at radius 3 is 2.67 bits per heavy atom. The summed E-state index contributed by atoms with van der Waals surface area (Å²) in [6, 6.07) is 12.7. The lowest BCUT2D eigenvalue weighted by molar-refractivity contribution is 0.0848. The van der Waals surface area contributed by atoms with Gasteiger partial charge in [-0.1, -0.05) is 18.2 Å². The van der Waals surface area contributed by atoms with Crippen molar-refractivity contribution in [1.29, 1.82) is 0 Å². The van der Waals surface area contributed by atoms with Gasteiger partial charge in [0, 0.05) is 30.2 Å². The van der Waals surface area contributed by atoms with Crippen molar-refractivity contribution in [3.8, 4) is 17.2 Å². The van der Waals surface area contributed by atoms with Gasteiger partial charge in [0.05, 0.1) is 25.0 Å². The van der Waals surface area contributed by atoms with Gasteiger partial charge in [0.15, 0.2) is 14.1 Å². The number of fused-ring (bicyclic) bond motifs is 1. The van der Waals surface area contributed by atoms with Crippen molar-refractivity contribution < 1.29 is 23.4 Å². The number of hydrogen-bond donors (Lipinski definition) is 0. The topological polar surface area (TPSA) is 54.0 Å². The fourth-order valence-corrected chi connectivity index (χ4v) is 4.39. The molecule has 1 aliphatic heterocycles. The first-order valence-electron chi connectivity index (χ1n) is 10.1. The van der Waals surface area contributed by atoms with Crippen LogP contribution in [0.1, 0.15) is 27.7 Å². The molecule has 0 saturated heterocycles. The van der Waals surface area contributed by atoms with Crippen LogP contribution in [0, 0.1) is 5.92 Å². The average Bonchev–Trinajstić information content (AvgIpc) is 2.72. The number of alkyl halides is 1. The third kappa shape index (κ3) is 5.77. The summed E-state index contributed by atoms with van der Waals surface area (Å²) < 4.78 is 22.8. The zero-order valence-electron chi connectivity index (χ0n) is 17.9. The van der Waals surface area contributed by atoms with Gasteiger partial charge in [-0.15, -0.1) is 11.6 Å². The van der Waals surface area contributed by atoms with Crippen LogP contribution >= 0.6 is 11.6 Å². The summed E-state index contributed by atoms with van der Waals surface area (Å²) in [5.74, 6) is 1.52. The van der Waals surface area contributed by atoms with Gasteiger partial charge < -0.3 is 18.6 Å². The summed E-state index contributed by atoms with van der Waals surface area (Å²) in [7, 11) is 0.0919. The molecular weight excluding hydrogens is 420 g/mol. The number of methoxy groups -OCH3 is 1. The van der Waals surface area contributed by atoms with Crippen LogP contribution in [-0.2, 0) is 4.43 Å². The number of carbonyl (C=O) groups is 1. The smallest absolute Gasteiger partial charge is 0.183 e. The Balaban J connectivity index is 1.61. The summed E-state index contributed by atoms with van der Waals surface area (Å²) in [5, 5.41) is -0.466. The van der Waals surface area contributed by atoms with Gasteiger partial charge in [0.25, 0.3) is 0 Å². The first kappa shape index (κ1) is 22.7. The van der Waals surface area contributed by atoms with Crippen LogP contribution in [0.5, 0.6) is 17.2 Å². The van der Waals surface area contributed by atoms with Crippen molar-refractivity contribution in [2.24, 2.45) is 5.92 Å². The van der Waals surface area contributed by atoms with Gasteiger partial charge in [-0.25, -0.2) is 0 Å². The van der Waals surface area contributed by atoms with E-state index in [-0.39, 0.29) is 12.4 Å². The fourth-order valence-electron chi connectivity index (χ4n) is 3.26. The maximum atomic E-state index is 13.0. The largest absolute Gasteiger partial charge is 0.497 e. The van der Waals surface area contributed by atoms with Crippen LogP contribution in [0.25, 0.3) is 0 Å². The minimum Gasteiger partial charge on any atom is -0.497 e. The van der Waals surface area contributed by atoms with Crippen molar-refractivity contribution in [1.82, 2.24) is 0 Å². The van der Waals surface area contributed by atoms with E-state index in [4.69, 9.17) is 30.2 Å². The maximum absolute atomic E-state index is 13.0. The molecule has 2 atom stereocenters. The SMILES string of the molecule is COc1cccc(C(=O)C2COc3cc(OCCCO[Si](C)(C)C)ccc3C2Cl)c1. The first-order chi connectivity index (χ1) is 14.3. The predicted molar refractivity (Wildman–Crippen MR) is 121 cm³/mol. The summed E-state index contributed by atoms with van der Waals surface area (Å²) >= 11 is 6.69. The molecule has 5 nitrogen and oxygen atoms in total. The predicted octanol–water partition coefficient (Wildman–Crippen LogP) is 5.49. The summed E-state index contributed by atoms with van der Waals surface area (Å²) in [4.78, 5) is 13.0. The van der Waals surface area contributed by atoms with Gasteiger partial charge in [0.1, 0.15) is 23.9 Å². The number of Topliss-reactive ketones (excluding diaryl/α,β-unsaturated/α-hetero) is 1. The fraction of sp³-hybridized carbons (Fsp3) is 0.435. The van der Waals surface area contributed by atoms with Gasteiger partial charge in [0.2, 0.25) is 0 Å². The highest BCUT2D eigenvalue weighted by Crippen LogP contribution is 2.42. The lowest BCUT2D eigenvalue weighted by Gasteiger charge is -2.29. The number of carbonyl (C=O) groups excluding carboxylic acids is 1. The lowest BCUT2D eigenvalue weighted by atomic mass is 9.89. The Kier molecular flexibility index (Phi) is 7.44. The Labute approximate surface area is 184 Å². The second-order valence-electron chi connectivity index (χ2n) is 8.28. The number of rotatable bonds is 9. The van der Waals surface area contributed by atoms with E-state index in [9.17, 15) is 4.79 Å². The molecule has 0 spiro atoms. The molecule has 0 aromatic heterocycles. The van der Waals surface area contributed by atoms with Crippen molar-refractivity contribution in [3.63, 3.8) is 0 Å². The average molecular weight is 449 g/mol. The Morgan fingerprint density at radius 2 is 1.93 bits per heavy atom. The number of ether oxygens (including phenoxy) is 3. The molecule has 3 rings (SSSR count). The van der Waals surface area contributed by atoms with E-state index in [1.165, 1.54) is 0 Å². The highest BCUT2D eigenvalue weighted by Gasteiger charge is 2.35. The van der Waals surface area contributed by atoms with Crippen molar-refractivity contribution in [2.75, 3.05) is 26.9 Å². The van der Waals surface area contributed by atoms with Crippen LogP contribution in [0.3, 0.4) is 0 Å². The molecule has 0 amide bonds. The third-order valence-electron chi connectivity index (χ3n) is 4.84. The molecule has 2 aromatic rings. The minimum atomic E-state index is -1.48. The molecule has 0 bridgehead atoms. The van der Waals surface area contributed by atoms with E-state index >= 15 is 0 Å². The molecule has 1 aliphatic rings. The summed E-state index contributed by atoms with van der Waals surface area (Å²) in [6.07, 6.45) is 0.831. The molecule has 0 saturated carbocycles.